The molecule has 5 unspecified atom stereocenters. The standard InChI is InChI=1S/C140H150N6/c1-26-31-115(126(87-133(2,3)4)95-46-54-99(55-47-95)130-86-114(69-73-144-130)140(23,24)25)102-74-103(76-105(75-102)120-63-60-108(134(5,6)7)80-123(120)92-40-48-96(49-41-92)127-83-111(66-70-141-127)137(14,15)16)118-34-29-27-32-116(118)90-36-56-100(57-37-90)131-88-146-132(89-145-131)101-58-38-91(39-59-101)117-33-28-30-35-119(117)104-77-106(121-64-61-109(135(8,9)10)81-124(121)93-42-50-97(51-43-93)128-84-112(67-71-142-128)138(17,18)19)79-107(78-104)122-65-62-110(136(11,12)13)82-125(122)94-44-52-98(53-45-94)129-85-113(68-72-143-129)139(20,21)22/h26-73,80-89,102-107H,1,74-79H2,2-25H3/b115-31-,126-87-. The number of benzene rings is 11. The van der Waals surface area contributed by atoms with Gasteiger partial charge >= 0.3 is 0 Å². The van der Waals surface area contributed by atoms with Crippen LogP contribution < -0.4 is 0 Å². The Labute approximate surface area is 873 Å². The predicted octanol–water partition coefficient (Wildman–Crippen LogP) is 38.2. The van der Waals surface area contributed by atoms with Gasteiger partial charge in [0.15, 0.2) is 0 Å². The average Bonchev–Trinajstić information content (AvgIpc) is 0.756. The molecule has 0 radical (unpaired) electrons. The van der Waals surface area contributed by atoms with Crippen LogP contribution in [-0.4, -0.2) is 29.9 Å². The molecule has 18 rings (SSSR count). The first-order valence-corrected chi connectivity index (χ1v) is 53.3. The van der Waals surface area contributed by atoms with E-state index >= 15 is 0 Å². The lowest BCUT2D eigenvalue weighted by molar-refractivity contribution is 0.326. The smallest absolute Gasteiger partial charge is 0.0885 e. The Morgan fingerprint density at radius 2 is 0.466 bits per heavy atom. The van der Waals surface area contributed by atoms with Gasteiger partial charge in [-0.15, -0.1) is 0 Å². The number of rotatable bonds is 20. The third-order valence-corrected chi connectivity index (χ3v) is 31.0. The minimum Gasteiger partial charge on any atom is -0.256 e. The van der Waals surface area contributed by atoms with Crippen LogP contribution in [0.2, 0.25) is 0 Å². The fourth-order valence-corrected chi connectivity index (χ4v) is 22.4. The Hall–Kier alpha value is -13.7. The predicted molar refractivity (Wildman–Crippen MR) is 620 cm³/mol. The zero-order valence-corrected chi connectivity index (χ0v) is 91.1. The van der Waals surface area contributed by atoms with E-state index in [0.29, 0.717) is 0 Å². The SMILES string of the molecule is C=C/C=C(\C(=C/C(C)(C)C)c1ccc(-c2cc(C(C)(C)C)ccn2)cc1)C1CC(c2ccccc2-c2ccc(-c3cnc(-c4ccc(-c5ccccc5C5CC(c6ccc(C(C)(C)C)cc6-c6ccc(-c7cc(C(C)(C)C)ccn7)cc6)CC(c6ccc(C(C)(C)C)cc6-c6ccc(-c7cc(C(C)(C)C)ccn7)cc6)C5)cc4)cn3)cc2)CC(c2ccc(C(C)(C)C)cc2-c2ccc(-c3cc(C(C)(C)C)ccn3)cc2)C1. The number of hydrogen-bond acceptors (Lipinski definition) is 6. The van der Waals surface area contributed by atoms with Crippen molar-refractivity contribution < 1.29 is 0 Å². The van der Waals surface area contributed by atoms with Crippen LogP contribution in [0.1, 0.15) is 307 Å². The van der Waals surface area contributed by atoms with Gasteiger partial charge in [-0.2, -0.15) is 0 Å². The number of aromatic nitrogens is 6. The van der Waals surface area contributed by atoms with Gasteiger partial charge in [0.25, 0.3) is 0 Å². The second kappa shape index (κ2) is 41.0. The maximum absolute atomic E-state index is 5.23. The van der Waals surface area contributed by atoms with Crippen LogP contribution in [-0.2, 0) is 37.9 Å². The molecule has 0 N–H and O–H groups in total. The summed E-state index contributed by atoms with van der Waals surface area (Å²) >= 11 is 0. The van der Waals surface area contributed by atoms with Crippen molar-refractivity contribution in [3.8, 4) is 123 Å². The van der Waals surface area contributed by atoms with E-state index in [0.717, 1.165) is 106 Å². The highest BCUT2D eigenvalue weighted by Gasteiger charge is 2.40. The molecule has 16 aromatic rings. The van der Waals surface area contributed by atoms with Gasteiger partial charge in [0.1, 0.15) is 0 Å². The first-order valence-electron chi connectivity index (χ1n) is 53.3. The molecule has 2 fully saturated rings. The summed E-state index contributed by atoms with van der Waals surface area (Å²) in [7, 11) is 0. The van der Waals surface area contributed by atoms with E-state index < -0.39 is 0 Å². The van der Waals surface area contributed by atoms with E-state index in [2.05, 4.69) is 482 Å². The fourth-order valence-electron chi connectivity index (χ4n) is 22.4. The summed E-state index contributed by atoms with van der Waals surface area (Å²) in [6.45, 7) is 59.9. The summed E-state index contributed by atoms with van der Waals surface area (Å²) in [5.74, 6) is 1.18. The lowest BCUT2D eigenvalue weighted by Crippen LogP contribution is -2.24. The summed E-state index contributed by atoms with van der Waals surface area (Å²) in [5, 5.41) is 0. The van der Waals surface area contributed by atoms with E-state index in [9.17, 15) is 0 Å². The van der Waals surface area contributed by atoms with Crippen molar-refractivity contribution in [1.29, 1.82) is 0 Å². The molecule has 740 valence electrons. The molecule has 2 aliphatic rings. The van der Waals surface area contributed by atoms with Gasteiger partial charge in [0.05, 0.1) is 46.6 Å². The van der Waals surface area contributed by atoms with E-state index in [1.807, 2.05) is 43.3 Å². The molecule has 146 heavy (non-hydrogen) atoms. The van der Waals surface area contributed by atoms with Gasteiger partial charge in [-0.3, -0.25) is 29.9 Å². The molecule has 0 spiro atoms. The van der Waals surface area contributed by atoms with Crippen LogP contribution in [0.15, 0.2) is 365 Å². The molecule has 6 heteroatoms. The van der Waals surface area contributed by atoms with Crippen LogP contribution in [0.4, 0.5) is 0 Å². The molecule has 0 amide bonds. The quantitative estimate of drug-likeness (QED) is 0.0708. The Morgan fingerprint density at radius 1 is 0.233 bits per heavy atom. The van der Waals surface area contributed by atoms with Crippen molar-refractivity contribution >= 4 is 5.57 Å². The van der Waals surface area contributed by atoms with Gasteiger partial charge in [-0.05, 0) is 305 Å². The van der Waals surface area contributed by atoms with Crippen LogP contribution in [0.3, 0.4) is 0 Å². The lowest BCUT2D eigenvalue weighted by atomic mass is 9.65. The number of nitrogens with zero attached hydrogens (tertiary/aromatic N) is 6. The van der Waals surface area contributed by atoms with Crippen molar-refractivity contribution in [2.24, 2.45) is 11.3 Å². The van der Waals surface area contributed by atoms with Gasteiger partial charge in [-0.1, -0.05) is 440 Å². The summed E-state index contributed by atoms with van der Waals surface area (Å²) in [6, 6.07) is 114. The van der Waals surface area contributed by atoms with E-state index in [1.54, 1.807) is 0 Å². The van der Waals surface area contributed by atoms with Crippen molar-refractivity contribution in [1.82, 2.24) is 29.9 Å². The van der Waals surface area contributed by atoms with Crippen LogP contribution in [0, 0.1) is 11.3 Å². The second-order valence-electron chi connectivity index (χ2n) is 50.2. The maximum Gasteiger partial charge on any atom is 0.0885 e. The van der Waals surface area contributed by atoms with Crippen LogP contribution in [0.5, 0.6) is 0 Å². The Balaban J connectivity index is 0.661. The average molecular weight is 1920 g/mol. The van der Waals surface area contributed by atoms with Crippen molar-refractivity contribution in [3.63, 3.8) is 0 Å². The van der Waals surface area contributed by atoms with E-state index in [1.165, 1.54) is 139 Å². The maximum atomic E-state index is 5.23. The first kappa shape index (κ1) is 102. The van der Waals surface area contributed by atoms with Crippen LogP contribution in [0.25, 0.3) is 129 Å². The zero-order valence-electron chi connectivity index (χ0n) is 91.1. The molecular formula is C140H150N6. The minimum atomic E-state index is -0.147. The second-order valence-corrected chi connectivity index (χ2v) is 50.2. The van der Waals surface area contributed by atoms with E-state index in [4.69, 9.17) is 29.9 Å². The van der Waals surface area contributed by atoms with Crippen LogP contribution >= 0.6 is 0 Å². The lowest BCUT2D eigenvalue weighted by Gasteiger charge is -2.39. The monoisotopic (exact) mass is 1920 g/mol. The molecule has 0 saturated heterocycles. The topological polar surface area (TPSA) is 77.3 Å². The van der Waals surface area contributed by atoms with Crippen molar-refractivity contribution in [3.05, 3.63) is 437 Å². The normalized spacial score (nSPS) is 17.0. The van der Waals surface area contributed by atoms with Crippen molar-refractivity contribution in [2.75, 3.05) is 0 Å². The van der Waals surface area contributed by atoms with Crippen molar-refractivity contribution in [2.45, 2.75) is 272 Å². The molecule has 0 aliphatic heterocycles. The molecule has 5 heterocycles. The Kier molecular flexibility index (Phi) is 28.7. The Morgan fingerprint density at radius 3 is 0.726 bits per heavy atom. The molecule has 2 aliphatic carbocycles. The highest BCUT2D eigenvalue weighted by Crippen LogP contribution is 2.57. The molecule has 0 bridgehead atoms. The fraction of sp³-hybridized carbons (Fsp3) is 0.314. The highest BCUT2D eigenvalue weighted by atomic mass is 14.8. The van der Waals surface area contributed by atoms with Gasteiger partial charge in [0, 0.05) is 58.2 Å². The molecule has 6 nitrogen and oxygen atoms in total. The highest BCUT2D eigenvalue weighted by molar-refractivity contribution is 5.84. The third kappa shape index (κ3) is 23.1. The first-order chi connectivity index (χ1) is 69.3. The molecular weight excluding hydrogens is 1770 g/mol. The number of hydrogen-bond donors (Lipinski definition) is 0. The Bertz CT molecular complexity index is 7280. The summed E-state index contributed by atoms with van der Waals surface area (Å²) < 4.78 is 0. The van der Waals surface area contributed by atoms with E-state index in [-0.39, 0.29) is 78.8 Å². The van der Waals surface area contributed by atoms with Gasteiger partial charge in [-0.25, -0.2) is 0 Å². The molecule has 5 atom stereocenters. The summed E-state index contributed by atoms with van der Waals surface area (Å²) in [4.78, 5) is 30.2. The van der Waals surface area contributed by atoms with Gasteiger partial charge in [0.2, 0.25) is 0 Å². The third-order valence-electron chi connectivity index (χ3n) is 31.0. The number of pyridine rings is 4. The minimum absolute atomic E-state index is 0.00174. The zero-order chi connectivity index (χ0) is 103. The summed E-state index contributed by atoms with van der Waals surface area (Å²) in [6.07, 6.45) is 24.6. The molecule has 5 aromatic heterocycles. The summed E-state index contributed by atoms with van der Waals surface area (Å²) in [5.41, 5.74) is 44.1. The molecule has 2 saturated carbocycles. The number of allylic oxidation sites excluding steroid dienone is 5. The largest absolute Gasteiger partial charge is 0.256 e. The molecule has 11 aromatic carbocycles. The van der Waals surface area contributed by atoms with Gasteiger partial charge < -0.3 is 0 Å².